The number of aromatic nitrogens is 1. The van der Waals surface area contributed by atoms with Crippen molar-refractivity contribution in [1.82, 2.24) is 9.88 Å². The summed E-state index contributed by atoms with van der Waals surface area (Å²) in [5.41, 5.74) is 4.31. The first-order chi connectivity index (χ1) is 12.7. The van der Waals surface area contributed by atoms with Crippen LogP contribution >= 0.6 is 0 Å². The molecule has 5 nitrogen and oxygen atoms in total. The summed E-state index contributed by atoms with van der Waals surface area (Å²) in [4.78, 5) is 9.29. The Morgan fingerprint density at radius 2 is 1.92 bits per heavy atom. The second-order valence-electron chi connectivity index (χ2n) is 7.03. The van der Waals surface area contributed by atoms with Crippen LogP contribution in [0.3, 0.4) is 0 Å². The van der Waals surface area contributed by atoms with Gasteiger partial charge in [-0.15, -0.1) is 0 Å². The zero-order valence-electron chi connectivity index (χ0n) is 15.1. The van der Waals surface area contributed by atoms with Gasteiger partial charge in [0.05, 0.1) is 0 Å². The molecule has 1 saturated heterocycles. The van der Waals surface area contributed by atoms with Crippen LogP contribution in [0.4, 0.5) is 6.01 Å². The molecule has 1 fully saturated rings. The Morgan fingerprint density at radius 1 is 1.12 bits per heavy atom. The van der Waals surface area contributed by atoms with Gasteiger partial charge < -0.3 is 14.4 Å². The number of para-hydroxylation sites is 2. The van der Waals surface area contributed by atoms with Gasteiger partial charge >= 0.3 is 0 Å². The summed E-state index contributed by atoms with van der Waals surface area (Å²) in [5, 5.41) is 9.53. The molecule has 1 aliphatic heterocycles. The maximum Gasteiger partial charge on any atom is 0.298 e. The average molecular weight is 351 g/mol. The van der Waals surface area contributed by atoms with Gasteiger partial charge in [0.1, 0.15) is 5.52 Å². The molecule has 136 valence electrons. The topological polar surface area (TPSA) is 52.7 Å². The number of aliphatic hydroxyl groups is 1. The first kappa shape index (κ1) is 17.1. The number of aliphatic hydroxyl groups excluding tert-OH is 1. The molecule has 0 unspecified atom stereocenters. The second kappa shape index (κ2) is 7.48. The molecule has 1 atom stereocenters. The van der Waals surface area contributed by atoms with Crippen LogP contribution in [0.25, 0.3) is 11.1 Å². The summed E-state index contributed by atoms with van der Waals surface area (Å²) in [7, 11) is 0. The lowest BCUT2D eigenvalue weighted by Crippen LogP contribution is -2.53. The van der Waals surface area contributed by atoms with Gasteiger partial charge in [-0.3, -0.25) is 4.90 Å². The van der Waals surface area contributed by atoms with Crippen molar-refractivity contribution >= 4 is 17.1 Å². The molecule has 1 N–H and O–H groups in total. The van der Waals surface area contributed by atoms with Crippen molar-refractivity contribution in [3.05, 3.63) is 59.7 Å². The third kappa shape index (κ3) is 3.59. The van der Waals surface area contributed by atoms with Crippen molar-refractivity contribution in [2.24, 2.45) is 0 Å². The van der Waals surface area contributed by atoms with Crippen LogP contribution in [0, 0.1) is 6.92 Å². The number of anilines is 1. The zero-order chi connectivity index (χ0) is 17.9. The summed E-state index contributed by atoms with van der Waals surface area (Å²) >= 11 is 0. The maximum absolute atomic E-state index is 9.53. The third-order valence-electron chi connectivity index (χ3n) is 5.13. The Morgan fingerprint density at radius 3 is 2.69 bits per heavy atom. The summed E-state index contributed by atoms with van der Waals surface area (Å²) in [5.74, 6) is 0. The third-order valence-corrected chi connectivity index (χ3v) is 5.13. The van der Waals surface area contributed by atoms with E-state index in [0.29, 0.717) is 6.01 Å². The molecule has 0 spiro atoms. The number of aryl methyl sites for hydroxylation is 1. The molecule has 2 heterocycles. The molecule has 0 aliphatic carbocycles. The van der Waals surface area contributed by atoms with Crippen LogP contribution < -0.4 is 4.90 Å². The van der Waals surface area contributed by atoms with Crippen molar-refractivity contribution in [3.8, 4) is 0 Å². The summed E-state index contributed by atoms with van der Waals surface area (Å²) in [6.45, 7) is 5.83. The van der Waals surface area contributed by atoms with Gasteiger partial charge in [-0.25, -0.2) is 0 Å². The van der Waals surface area contributed by atoms with Crippen LogP contribution in [0.1, 0.15) is 17.5 Å². The maximum atomic E-state index is 9.53. The predicted octanol–water partition coefficient (Wildman–Crippen LogP) is 3.21. The van der Waals surface area contributed by atoms with E-state index < -0.39 is 0 Å². The Kier molecular flexibility index (Phi) is 4.91. The quantitative estimate of drug-likeness (QED) is 0.765. The molecule has 5 heteroatoms. The first-order valence-corrected chi connectivity index (χ1v) is 9.24. The minimum absolute atomic E-state index is 0.191. The van der Waals surface area contributed by atoms with Gasteiger partial charge in [-0.1, -0.05) is 42.0 Å². The van der Waals surface area contributed by atoms with Gasteiger partial charge in [0.15, 0.2) is 5.58 Å². The summed E-state index contributed by atoms with van der Waals surface area (Å²) in [6.07, 6.45) is 0.753. The predicted molar refractivity (Wildman–Crippen MR) is 103 cm³/mol. The van der Waals surface area contributed by atoms with Gasteiger partial charge in [-0.2, -0.15) is 4.98 Å². The molecular formula is C21H25N3O2. The number of hydrogen-bond donors (Lipinski definition) is 1. The summed E-state index contributed by atoms with van der Waals surface area (Å²) in [6, 6.07) is 17.5. The lowest BCUT2D eigenvalue weighted by molar-refractivity contribution is 0.133. The molecule has 0 saturated carbocycles. The Labute approximate surface area is 153 Å². The van der Waals surface area contributed by atoms with Gasteiger partial charge in [0, 0.05) is 38.8 Å². The lowest BCUT2D eigenvalue weighted by atomic mass is 10.1. The van der Waals surface area contributed by atoms with E-state index in [1.54, 1.807) is 0 Å². The molecule has 2 aromatic carbocycles. The fourth-order valence-corrected chi connectivity index (χ4v) is 3.62. The number of nitrogens with zero attached hydrogens (tertiary/aromatic N) is 3. The average Bonchev–Trinajstić information content (AvgIpc) is 3.09. The first-order valence-electron chi connectivity index (χ1n) is 9.24. The number of fused-ring (bicyclic) bond motifs is 1. The van der Waals surface area contributed by atoms with E-state index in [0.717, 1.165) is 43.7 Å². The van der Waals surface area contributed by atoms with E-state index >= 15 is 0 Å². The highest BCUT2D eigenvalue weighted by Crippen LogP contribution is 2.25. The Balaban J connectivity index is 1.49. The minimum Gasteiger partial charge on any atom is -0.423 e. The molecular weight excluding hydrogens is 326 g/mol. The fourth-order valence-electron chi connectivity index (χ4n) is 3.62. The van der Waals surface area contributed by atoms with Crippen LogP contribution in [0.2, 0.25) is 0 Å². The van der Waals surface area contributed by atoms with E-state index in [2.05, 4.69) is 46.0 Å². The Bertz CT molecular complexity index is 826. The van der Waals surface area contributed by atoms with Crippen LogP contribution in [0.15, 0.2) is 52.9 Å². The van der Waals surface area contributed by atoms with E-state index in [9.17, 15) is 5.11 Å². The van der Waals surface area contributed by atoms with Gasteiger partial charge in [0.2, 0.25) is 0 Å². The number of rotatable bonds is 5. The van der Waals surface area contributed by atoms with E-state index in [4.69, 9.17) is 4.42 Å². The van der Waals surface area contributed by atoms with Crippen molar-refractivity contribution in [3.63, 3.8) is 0 Å². The number of benzene rings is 2. The molecule has 4 rings (SSSR count). The fraction of sp³-hybridized carbons (Fsp3) is 0.381. The minimum atomic E-state index is 0.191. The number of hydrogen-bond acceptors (Lipinski definition) is 5. The SMILES string of the molecule is Cc1ccc(CN2CCN(c3nc4ccccc4o3)C[C@H]2CCO)cc1. The van der Waals surface area contributed by atoms with Crippen LogP contribution in [-0.4, -0.2) is 47.3 Å². The molecule has 3 aromatic rings. The van der Waals surface area contributed by atoms with E-state index in [-0.39, 0.29) is 12.6 Å². The molecule has 0 radical (unpaired) electrons. The summed E-state index contributed by atoms with van der Waals surface area (Å²) < 4.78 is 5.93. The second-order valence-corrected chi connectivity index (χ2v) is 7.03. The van der Waals surface area contributed by atoms with Gasteiger partial charge in [-0.05, 0) is 31.0 Å². The van der Waals surface area contributed by atoms with E-state index in [1.807, 2.05) is 24.3 Å². The normalized spacial score (nSPS) is 18.5. The largest absolute Gasteiger partial charge is 0.423 e. The molecule has 1 aromatic heterocycles. The zero-order valence-corrected chi connectivity index (χ0v) is 15.1. The standard InChI is InChI=1S/C21H25N3O2/c1-16-6-8-17(9-7-16)14-23-11-12-24(15-18(23)10-13-25)21-22-19-4-2-3-5-20(19)26-21/h2-9,18,25H,10-15H2,1H3/t18-/m1/s1. The van der Waals surface area contributed by atoms with Crippen LogP contribution in [-0.2, 0) is 6.54 Å². The molecule has 0 amide bonds. The smallest absolute Gasteiger partial charge is 0.298 e. The highest BCUT2D eigenvalue weighted by atomic mass is 16.4. The number of oxazole rings is 1. The molecule has 0 bridgehead atoms. The number of piperazine rings is 1. The van der Waals surface area contributed by atoms with Crippen molar-refractivity contribution in [2.75, 3.05) is 31.1 Å². The van der Waals surface area contributed by atoms with Crippen molar-refractivity contribution in [1.29, 1.82) is 0 Å². The monoisotopic (exact) mass is 351 g/mol. The van der Waals surface area contributed by atoms with Crippen LogP contribution in [0.5, 0.6) is 0 Å². The molecule has 1 aliphatic rings. The van der Waals surface area contributed by atoms with Crippen molar-refractivity contribution in [2.45, 2.75) is 25.9 Å². The van der Waals surface area contributed by atoms with Crippen molar-refractivity contribution < 1.29 is 9.52 Å². The highest BCUT2D eigenvalue weighted by Gasteiger charge is 2.29. The highest BCUT2D eigenvalue weighted by molar-refractivity contribution is 5.74. The Hall–Kier alpha value is -2.37. The van der Waals surface area contributed by atoms with E-state index in [1.165, 1.54) is 11.1 Å². The molecule has 26 heavy (non-hydrogen) atoms. The van der Waals surface area contributed by atoms with Gasteiger partial charge in [0.25, 0.3) is 6.01 Å². The lowest BCUT2D eigenvalue weighted by Gasteiger charge is -2.40.